The lowest BCUT2D eigenvalue weighted by Crippen LogP contribution is -2.08. The van der Waals surface area contributed by atoms with Crippen molar-refractivity contribution in [3.63, 3.8) is 0 Å². The summed E-state index contributed by atoms with van der Waals surface area (Å²) in [6, 6.07) is 1.43. The van der Waals surface area contributed by atoms with Crippen molar-refractivity contribution in [1.82, 2.24) is 4.98 Å². The Balaban J connectivity index is 2.90. The Kier molecular flexibility index (Phi) is 3.35. The molecule has 1 rings (SSSR count). The third kappa shape index (κ3) is 3.65. The summed E-state index contributed by atoms with van der Waals surface area (Å²) >= 11 is 4.59. The molecule has 4 heteroatoms. The monoisotopic (exact) mass is 263 g/mol. The van der Waals surface area contributed by atoms with Gasteiger partial charge in [-0.1, -0.05) is 32.5 Å². The summed E-state index contributed by atoms with van der Waals surface area (Å²) < 4.78 is 13.9. The molecule has 0 aromatic carbocycles. The van der Waals surface area contributed by atoms with Crippen LogP contribution in [0.3, 0.4) is 0 Å². The molecule has 0 fully saturated rings. The largest absolute Gasteiger partial charge is 0.246 e. The van der Waals surface area contributed by atoms with Gasteiger partial charge in [-0.2, -0.15) is 0 Å². The zero-order chi connectivity index (χ0) is 10.1. The number of pyridine rings is 1. The fourth-order valence-electron chi connectivity index (χ4n) is 0.767. The van der Waals surface area contributed by atoms with Crippen LogP contribution in [0.5, 0.6) is 0 Å². The SMILES string of the molecule is CC(C)(C)Sc1ncc(Br)cc1F. The molecule has 0 saturated carbocycles. The van der Waals surface area contributed by atoms with Crippen LogP contribution in [-0.2, 0) is 0 Å². The molecule has 0 radical (unpaired) electrons. The van der Waals surface area contributed by atoms with Crippen molar-refractivity contribution in [2.45, 2.75) is 30.5 Å². The first-order chi connectivity index (χ1) is 5.88. The summed E-state index contributed by atoms with van der Waals surface area (Å²) in [7, 11) is 0. The lowest BCUT2D eigenvalue weighted by Gasteiger charge is -2.16. The Hall–Kier alpha value is -0.0900. The minimum atomic E-state index is -0.269. The fraction of sp³-hybridized carbons (Fsp3) is 0.444. The molecule has 1 nitrogen and oxygen atoms in total. The molecule has 0 atom stereocenters. The van der Waals surface area contributed by atoms with E-state index >= 15 is 0 Å². The van der Waals surface area contributed by atoms with E-state index in [1.165, 1.54) is 17.8 Å². The molecule has 0 N–H and O–H groups in total. The maximum atomic E-state index is 13.3. The zero-order valence-electron chi connectivity index (χ0n) is 7.77. The number of rotatable bonds is 1. The number of aromatic nitrogens is 1. The van der Waals surface area contributed by atoms with Crippen molar-refractivity contribution in [3.05, 3.63) is 22.6 Å². The molecular weight excluding hydrogens is 253 g/mol. The molecule has 0 saturated heterocycles. The van der Waals surface area contributed by atoms with Gasteiger partial charge in [0, 0.05) is 15.4 Å². The minimum absolute atomic E-state index is 0.0122. The second-order valence-electron chi connectivity index (χ2n) is 3.65. The summed E-state index contributed by atoms with van der Waals surface area (Å²) in [4.78, 5) is 4.00. The van der Waals surface area contributed by atoms with Crippen LogP contribution in [0.4, 0.5) is 4.39 Å². The first kappa shape index (κ1) is 11.0. The summed E-state index contributed by atoms with van der Waals surface area (Å²) in [5.41, 5.74) is 0. The molecule has 0 unspecified atom stereocenters. The average molecular weight is 264 g/mol. The van der Waals surface area contributed by atoms with E-state index in [0.717, 1.165) is 0 Å². The molecule has 0 aliphatic heterocycles. The lowest BCUT2D eigenvalue weighted by molar-refractivity contribution is 0.584. The molecule has 0 bridgehead atoms. The van der Waals surface area contributed by atoms with E-state index in [1.807, 2.05) is 20.8 Å². The van der Waals surface area contributed by atoms with Gasteiger partial charge in [-0.25, -0.2) is 9.37 Å². The van der Waals surface area contributed by atoms with Crippen molar-refractivity contribution in [2.24, 2.45) is 0 Å². The van der Waals surface area contributed by atoms with E-state index in [0.29, 0.717) is 9.50 Å². The Morgan fingerprint density at radius 2 is 2.08 bits per heavy atom. The summed E-state index contributed by atoms with van der Waals surface area (Å²) in [6.45, 7) is 6.09. The van der Waals surface area contributed by atoms with Crippen molar-refractivity contribution >= 4 is 27.7 Å². The number of nitrogens with zero attached hydrogens (tertiary/aromatic N) is 1. The van der Waals surface area contributed by atoms with E-state index < -0.39 is 0 Å². The first-order valence-electron chi connectivity index (χ1n) is 3.88. The smallest absolute Gasteiger partial charge is 0.156 e. The van der Waals surface area contributed by atoms with Crippen LogP contribution < -0.4 is 0 Å². The van der Waals surface area contributed by atoms with Gasteiger partial charge in [-0.05, 0) is 22.0 Å². The highest BCUT2D eigenvalue weighted by atomic mass is 79.9. The van der Waals surface area contributed by atoms with Crippen LogP contribution in [0.1, 0.15) is 20.8 Å². The number of thioether (sulfide) groups is 1. The van der Waals surface area contributed by atoms with Crippen molar-refractivity contribution in [3.8, 4) is 0 Å². The topological polar surface area (TPSA) is 12.9 Å². The Morgan fingerprint density at radius 1 is 1.46 bits per heavy atom. The number of halogens is 2. The molecule has 0 aliphatic rings. The molecule has 1 aromatic heterocycles. The minimum Gasteiger partial charge on any atom is -0.246 e. The maximum Gasteiger partial charge on any atom is 0.156 e. The van der Waals surface area contributed by atoms with Gasteiger partial charge >= 0.3 is 0 Å². The molecule has 1 heterocycles. The molecule has 72 valence electrons. The maximum absolute atomic E-state index is 13.3. The molecule has 1 aromatic rings. The van der Waals surface area contributed by atoms with Crippen LogP contribution in [0, 0.1) is 5.82 Å². The van der Waals surface area contributed by atoms with Gasteiger partial charge in [-0.15, -0.1) is 0 Å². The first-order valence-corrected chi connectivity index (χ1v) is 5.49. The van der Waals surface area contributed by atoms with Crippen molar-refractivity contribution in [1.29, 1.82) is 0 Å². The Morgan fingerprint density at radius 3 is 2.54 bits per heavy atom. The van der Waals surface area contributed by atoms with Gasteiger partial charge in [0.1, 0.15) is 5.03 Å². The normalized spacial score (nSPS) is 11.8. The van der Waals surface area contributed by atoms with Crippen LogP contribution in [0.25, 0.3) is 0 Å². The zero-order valence-corrected chi connectivity index (χ0v) is 10.2. The van der Waals surface area contributed by atoms with E-state index in [1.54, 1.807) is 6.20 Å². The number of hydrogen-bond donors (Lipinski definition) is 0. The van der Waals surface area contributed by atoms with Gasteiger partial charge in [0.2, 0.25) is 0 Å². The van der Waals surface area contributed by atoms with Crippen LogP contribution >= 0.6 is 27.7 Å². The lowest BCUT2D eigenvalue weighted by atomic mass is 10.3. The molecule has 0 aliphatic carbocycles. The van der Waals surface area contributed by atoms with Gasteiger partial charge in [0.25, 0.3) is 0 Å². The summed E-state index contributed by atoms with van der Waals surface area (Å²) in [5, 5.41) is 0.454. The van der Waals surface area contributed by atoms with E-state index in [-0.39, 0.29) is 10.6 Å². The van der Waals surface area contributed by atoms with Crippen LogP contribution in [0.2, 0.25) is 0 Å². The number of hydrogen-bond acceptors (Lipinski definition) is 2. The summed E-state index contributed by atoms with van der Waals surface area (Å²) in [5.74, 6) is -0.269. The molecule has 13 heavy (non-hydrogen) atoms. The second kappa shape index (κ2) is 3.96. The van der Waals surface area contributed by atoms with E-state index in [4.69, 9.17) is 0 Å². The summed E-state index contributed by atoms with van der Waals surface area (Å²) in [6.07, 6.45) is 1.61. The van der Waals surface area contributed by atoms with Crippen molar-refractivity contribution in [2.75, 3.05) is 0 Å². The third-order valence-electron chi connectivity index (χ3n) is 1.18. The second-order valence-corrected chi connectivity index (χ2v) is 6.39. The predicted molar refractivity (Wildman–Crippen MR) is 57.5 cm³/mol. The van der Waals surface area contributed by atoms with E-state index in [9.17, 15) is 4.39 Å². The Bertz CT molecular complexity index is 309. The van der Waals surface area contributed by atoms with Gasteiger partial charge in [0.15, 0.2) is 5.82 Å². The highest BCUT2D eigenvalue weighted by Crippen LogP contribution is 2.32. The third-order valence-corrected chi connectivity index (χ3v) is 2.72. The van der Waals surface area contributed by atoms with Crippen LogP contribution in [0.15, 0.2) is 21.8 Å². The highest BCUT2D eigenvalue weighted by molar-refractivity contribution is 9.10. The quantitative estimate of drug-likeness (QED) is 0.714. The van der Waals surface area contributed by atoms with Gasteiger partial charge in [-0.3, -0.25) is 0 Å². The fourth-order valence-corrected chi connectivity index (χ4v) is 1.91. The predicted octanol–water partition coefficient (Wildman–Crippen LogP) is 3.87. The van der Waals surface area contributed by atoms with Gasteiger partial charge < -0.3 is 0 Å². The molecule has 0 spiro atoms. The van der Waals surface area contributed by atoms with Gasteiger partial charge in [0.05, 0.1) is 0 Å². The molecule has 0 amide bonds. The average Bonchev–Trinajstić information content (AvgIpc) is 1.93. The standard InChI is InChI=1S/C9H11BrFNS/c1-9(2,3)13-8-7(11)4-6(10)5-12-8/h4-5H,1-3H3. The van der Waals surface area contributed by atoms with Crippen LogP contribution in [-0.4, -0.2) is 9.73 Å². The molecular formula is C9H11BrFNS. The highest BCUT2D eigenvalue weighted by Gasteiger charge is 2.16. The van der Waals surface area contributed by atoms with Crippen molar-refractivity contribution < 1.29 is 4.39 Å². The van der Waals surface area contributed by atoms with E-state index in [2.05, 4.69) is 20.9 Å². The Labute approximate surface area is 90.3 Å².